The number of hydrogen-bond acceptors (Lipinski definition) is 3. The van der Waals surface area contributed by atoms with Gasteiger partial charge < -0.3 is 10.0 Å². The van der Waals surface area contributed by atoms with Crippen LogP contribution in [0.4, 0.5) is 0 Å². The summed E-state index contributed by atoms with van der Waals surface area (Å²) in [6, 6.07) is 0.603. The van der Waals surface area contributed by atoms with Crippen LogP contribution in [0.25, 0.3) is 0 Å². The molecule has 96 valence electrons. The Balaban J connectivity index is 2.43. The van der Waals surface area contributed by atoms with Gasteiger partial charge in [-0.05, 0) is 44.4 Å². The lowest BCUT2D eigenvalue weighted by molar-refractivity contribution is 0.0327. The van der Waals surface area contributed by atoms with E-state index in [1.165, 1.54) is 12.2 Å². The second-order valence-corrected chi connectivity index (χ2v) is 6.89. The molecular weight excluding hydrogens is 218 g/mol. The van der Waals surface area contributed by atoms with E-state index in [1.807, 2.05) is 11.8 Å². The number of hydrogen-bond donors (Lipinski definition) is 1. The van der Waals surface area contributed by atoms with Gasteiger partial charge in [0.2, 0.25) is 0 Å². The van der Waals surface area contributed by atoms with Crippen LogP contribution in [-0.4, -0.2) is 47.8 Å². The van der Waals surface area contributed by atoms with E-state index in [-0.39, 0.29) is 11.5 Å². The van der Waals surface area contributed by atoms with Crippen molar-refractivity contribution in [3.05, 3.63) is 0 Å². The van der Waals surface area contributed by atoms with Gasteiger partial charge in [0.05, 0.1) is 6.10 Å². The molecule has 0 heterocycles. The average Bonchev–Trinajstić information content (AvgIpc) is 2.45. The van der Waals surface area contributed by atoms with Crippen LogP contribution in [0.2, 0.25) is 0 Å². The summed E-state index contributed by atoms with van der Waals surface area (Å²) in [6.07, 6.45) is 4.35. The van der Waals surface area contributed by atoms with Gasteiger partial charge in [-0.1, -0.05) is 13.8 Å². The van der Waals surface area contributed by atoms with Gasteiger partial charge in [-0.2, -0.15) is 11.8 Å². The van der Waals surface area contributed by atoms with Crippen LogP contribution in [0, 0.1) is 11.3 Å². The highest BCUT2D eigenvalue weighted by Gasteiger charge is 2.41. The molecule has 16 heavy (non-hydrogen) atoms. The summed E-state index contributed by atoms with van der Waals surface area (Å²) in [5, 5.41) is 10.2. The predicted octanol–water partition coefficient (Wildman–Crippen LogP) is 2.47. The monoisotopic (exact) mass is 245 g/mol. The van der Waals surface area contributed by atoms with Gasteiger partial charge in [0.15, 0.2) is 0 Å². The van der Waals surface area contributed by atoms with Crippen LogP contribution in [0.1, 0.15) is 33.6 Å². The third-order valence-corrected chi connectivity index (χ3v) is 4.91. The molecule has 0 aromatic carbocycles. The summed E-state index contributed by atoms with van der Waals surface area (Å²) in [7, 11) is 2.18. The minimum absolute atomic E-state index is 0.119. The summed E-state index contributed by atoms with van der Waals surface area (Å²) in [4.78, 5) is 2.39. The van der Waals surface area contributed by atoms with Gasteiger partial charge in [-0.3, -0.25) is 0 Å². The van der Waals surface area contributed by atoms with Gasteiger partial charge in [-0.15, -0.1) is 0 Å². The Bertz CT molecular complexity index is 220. The molecule has 3 unspecified atom stereocenters. The molecule has 1 fully saturated rings. The van der Waals surface area contributed by atoms with Crippen LogP contribution in [0.3, 0.4) is 0 Å². The SMILES string of the molecule is CSCC(C)N(C)CC1CCC(C)(C)C1O. The standard InChI is InChI=1S/C13H27NOS/c1-10(9-16-5)14(4)8-11-6-7-13(2,3)12(11)15/h10-12,15H,6-9H2,1-5H3. The van der Waals surface area contributed by atoms with Crippen molar-refractivity contribution in [1.29, 1.82) is 0 Å². The van der Waals surface area contributed by atoms with E-state index in [4.69, 9.17) is 0 Å². The second-order valence-electron chi connectivity index (χ2n) is 5.98. The number of aliphatic hydroxyl groups excluding tert-OH is 1. The molecule has 0 radical (unpaired) electrons. The van der Waals surface area contributed by atoms with Gasteiger partial charge in [0, 0.05) is 18.3 Å². The molecule has 1 rings (SSSR count). The van der Waals surface area contributed by atoms with Crippen LogP contribution in [0.5, 0.6) is 0 Å². The van der Waals surface area contributed by atoms with Crippen LogP contribution >= 0.6 is 11.8 Å². The first-order valence-electron chi connectivity index (χ1n) is 6.25. The topological polar surface area (TPSA) is 23.5 Å². The zero-order valence-electron chi connectivity index (χ0n) is 11.4. The maximum atomic E-state index is 10.2. The molecule has 1 saturated carbocycles. The van der Waals surface area contributed by atoms with E-state index in [9.17, 15) is 5.11 Å². The lowest BCUT2D eigenvalue weighted by Gasteiger charge is -2.31. The van der Waals surface area contributed by atoms with E-state index in [1.54, 1.807) is 0 Å². The van der Waals surface area contributed by atoms with Gasteiger partial charge in [-0.25, -0.2) is 0 Å². The molecule has 3 atom stereocenters. The minimum atomic E-state index is -0.128. The number of rotatable bonds is 5. The van der Waals surface area contributed by atoms with Crippen molar-refractivity contribution in [2.75, 3.05) is 25.6 Å². The molecule has 0 amide bonds. The van der Waals surface area contributed by atoms with Crippen molar-refractivity contribution in [2.45, 2.75) is 45.8 Å². The van der Waals surface area contributed by atoms with Crippen molar-refractivity contribution < 1.29 is 5.11 Å². The summed E-state index contributed by atoms with van der Waals surface area (Å²) >= 11 is 1.89. The van der Waals surface area contributed by atoms with Crippen molar-refractivity contribution in [2.24, 2.45) is 11.3 Å². The molecule has 0 aliphatic heterocycles. The minimum Gasteiger partial charge on any atom is -0.392 e. The fourth-order valence-electron chi connectivity index (χ4n) is 2.61. The largest absolute Gasteiger partial charge is 0.392 e. The molecule has 0 aromatic heterocycles. The quantitative estimate of drug-likeness (QED) is 0.805. The number of nitrogens with zero attached hydrogens (tertiary/aromatic N) is 1. The summed E-state index contributed by atoms with van der Waals surface area (Å²) in [5.41, 5.74) is 0.119. The smallest absolute Gasteiger partial charge is 0.0631 e. The lowest BCUT2D eigenvalue weighted by atomic mass is 9.87. The molecule has 0 bridgehead atoms. The summed E-state index contributed by atoms with van der Waals surface area (Å²) in [5.74, 6) is 1.63. The second kappa shape index (κ2) is 5.74. The van der Waals surface area contributed by atoms with Crippen molar-refractivity contribution >= 4 is 11.8 Å². The third-order valence-electron chi connectivity index (χ3n) is 4.09. The van der Waals surface area contributed by atoms with E-state index in [0.717, 1.165) is 13.0 Å². The highest BCUT2D eigenvalue weighted by atomic mass is 32.2. The lowest BCUT2D eigenvalue weighted by Crippen LogP contribution is -2.39. The van der Waals surface area contributed by atoms with Crippen molar-refractivity contribution in [3.8, 4) is 0 Å². The van der Waals surface area contributed by atoms with Crippen LogP contribution in [-0.2, 0) is 0 Å². The first kappa shape index (κ1) is 14.3. The molecule has 1 aliphatic rings. The Kier molecular flexibility index (Phi) is 5.14. The maximum absolute atomic E-state index is 10.2. The van der Waals surface area contributed by atoms with Crippen LogP contribution in [0.15, 0.2) is 0 Å². The Morgan fingerprint density at radius 2 is 2.12 bits per heavy atom. The van der Waals surface area contributed by atoms with E-state index < -0.39 is 0 Å². The van der Waals surface area contributed by atoms with Crippen molar-refractivity contribution in [3.63, 3.8) is 0 Å². The third kappa shape index (κ3) is 3.38. The zero-order valence-corrected chi connectivity index (χ0v) is 12.2. The van der Waals surface area contributed by atoms with Gasteiger partial charge in [0.1, 0.15) is 0 Å². The molecular formula is C13H27NOS. The fourth-order valence-corrected chi connectivity index (χ4v) is 3.35. The van der Waals surface area contributed by atoms with E-state index in [2.05, 4.69) is 39.0 Å². The summed E-state index contributed by atoms with van der Waals surface area (Å²) in [6.45, 7) is 7.67. The Labute approximate surface area is 105 Å². The fraction of sp³-hybridized carbons (Fsp3) is 1.00. The maximum Gasteiger partial charge on any atom is 0.0631 e. The van der Waals surface area contributed by atoms with E-state index in [0.29, 0.717) is 12.0 Å². The molecule has 0 aromatic rings. The average molecular weight is 245 g/mol. The molecule has 0 saturated heterocycles. The number of thioether (sulfide) groups is 1. The zero-order chi connectivity index (χ0) is 12.3. The predicted molar refractivity (Wildman–Crippen MR) is 73.0 cm³/mol. The summed E-state index contributed by atoms with van der Waals surface area (Å²) < 4.78 is 0. The van der Waals surface area contributed by atoms with Crippen LogP contribution < -0.4 is 0 Å². The highest BCUT2D eigenvalue weighted by molar-refractivity contribution is 7.98. The first-order chi connectivity index (χ1) is 7.38. The molecule has 1 aliphatic carbocycles. The normalized spacial score (nSPS) is 30.9. The molecule has 2 nitrogen and oxygen atoms in total. The van der Waals surface area contributed by atoms with E-state index >= 15 is 0 Å². The van der Waals surface area contributed by atoms with Gasteiger partial charge in [0.25, 0.3) is 0 Å². The highest BCUT2D eigenvalue weighted by Crippen LogP contribution is 2.41. The molecule has 1 N–H and O–H groups in total. The number of aliphatic hydroxyl groups is 1. The van der Waals surface area contributed by atoms with Gasteiger partial charge >= 0.3 is 0 Å². The Hall–Kier alpha value is 0.270. The molecule has 0 spiro atoms. The first-order valence-corrected chi connectivity index (χ1v) is 7.65. The van der Waals surface area contributed by atoms with Crippen molar-refractivity contribution in [1.82, 2.24) is 4.90 Å². The Morgan fingerprint density at radius 1 is 1.50 bits per heavy atom. The Morgan fingerprint density at radius 3 is 2.56 bits per heavy atom. The molecule has 3 heteroatoms.